The first kappa shape index (κ1) is 46.4. The molecule has 304 valence electrons. The highest BCUT2D eigenvalue weighted by Crippen LogP contribution is 2.64. The summed E-state index contributed by atoms with van der Waals surface area (Å²) < 4.78 is 401. The maximum absolute atomic E-state index is 13.8. The summed E-state index contributed by atoms with van der Waals surface area (Å²) in [5, 5.41) is 3.78. The highest BCUT2D eigenvalue weighted by Gasteiger charge is 2.95. The number of hydrogen-bond donors (Lipinski definition) is 0. The van der Waals surface area contributed by atoms with Crippen LogP contribution < -0.4 is 0 Å². The molecule has 0 radical (unpaired) electrons. The maximum atomic E-state index is 13.8. The van der Waals surface area contributed by atoms with Crippen LogP contribution in [0.2, 0.25) is 0 Å². The van der Waals surface area contributed by atoms with E-state index in [2.05, 4.69) is 9.47 Å². The van der Waals surface area contributed by atoms with Crippen molar-refractivity contribution in [3.63, 3.8) is 0 Å². The molecule has 0 unspecified atom stereocenters. The molecule has 0 saturated carbocycles. The van der Waals surface area contributed by atoms with Crippen molar-refractivity contribution < 1.29 is 141 Å². The predicted octanol–water partition coefficient (Wildman–Crippen LogP) is 9.84. The van der Waals surface area contributed by atoms with Gasteiger partial charge in [0.2, 0.25) is 0 Å². The molecule has 1 aliphatic heterocycles. The van der Waals surface area contributed by atoms with Gasteiger partial charge in [-0.15, -0.1) is 0 Å². The third kappa shape index (κ3) is 6.32. The van der Waals surface area contributed by atoms with Gasteiger partial charge in [-0.05, 0) is 0 Å². The molecule has 51 heavy (non-hydrogen) atoms. The van der Waals surface area contributed by atoms with Gasteiger partial charge < -0.3 is 9.47 Å². The summed E-state index contributed by atoms with van der Waals surface area (Å²) in [6, 6.07) is -4.55. The van der Waals surface area contributed by atoms with Crippen molar-refractivity contribution in [2.24, 2.45) is 10.2 Å². The number of alkyl halides is 30. The van der Waals surface area contributed by atoms with Gasteiger partial charge in [-0.2, -0.15) is 132 Å². The lowest BCUT2D eigenvalue weighted by molar-refractivity contribution is -0.456. The van der Waals surface area contributed by atoms with Crippen LogP contribution in [0.15, 0.2) is 10.2 Å². The van der Waals surface area contributed by atoms with E-state index in [0.29, 0.717) is 0 Å². The molecule has 0 aromatic rings. The molecular formula is C17H4F30N2O2. The summed E-state index contributed by atoms with van der Waals surface area (Å²) in [4.78, 5) is 0. The number of hydrogen-bond acceptors (Lipinski definition) is 4. The molecule has 0 bridgehead atoms. The molecule has 0 aliphatic carbocycles. The lowest BCUT2D eigenvalue weighted by atomic mass is 9.91. The maximum Gasteiger partial charge on any atom is 0.460 e. The Hall–Kier alpha value is -2.58. The zero-order valence-electron chi connectivity index (χ0n) is 22.0. The molecule has 1 heterocycles. The molecule has 0 spiro atoms. The van der Waals surface area contributed by atoms with Crippen LogP contribution in [0.3, 0.4) is 0 Å². The van der Waals surface area contributed by atoms with E-state index < -0.39 is 103 Å². The van der Waals surface area contributed by atoms with Crippen molar-refractivity contribution in [1.82, 2.24) is 0 Å². The van der Waals surface area contributed by atoms with Crippen molar-refractivity contribution >= 4 is 0 Å². The Morgan fingerprint density at radius 2 is 0.451 bits per heavy atom. The molecule has 0 aromatic heterocycles. The van der Waals surface area contributed by atoms with Crippen LogP contribution in [0.1, 0.15) is 0 Å². The number of halogens is 30. The molecular weight excluding hydrogens is 834 g/mol. The number of ether oxygens (including phenoxy) is 2. The highest BCUT2D eigenvalue weighted by atomic mass is 19.4. The molecule has 4 nitrogen and oxygen atoms in total. The van der Waals surface area contributed by atoms with Crippen LogP contribution >= 0.6 is 0 Å². The second kappa shape index (κ2) is 11.7. The van der Waals surface area contributed by atoms with Crippen LogP contribution in [0.4, 0.5) is 132 Å². The van der Waals surface area contributed by atoms with Crippen molar-refractivity contribution in [2.45, 2.75) is 89.5 Å². The van der Waals surface area contributed by atoms with Crippen molar-refractivity contribution in [3.8, 4) is 0 Å². The van der Waals surface area contributed by atoms with Crippen LogP contribution in [0, 0.1) is 0 Å². The van der Waals surface area contributed by atoms with Gasteiger partial charge in [-0.25, -0.2) is 0 Å². The first-order valence-corrected chi connectivity index (χ1v) is 11.0. The molecule has 0 N–H and O–H groups in total. The van der Waals surface area contributed by atoms with E-state index in [1.165, 1.54) is 0 Å². The molecule has 0 aromatic carbocycles. The summed E-state index contributed by atoms with van der Waals surface area (Å²) in [6.07, 6.45) is -16.0. The second-order valence-electron chi connectivity index (χ2n) is 9.47. The third-order valence-corrected chi connectivity index (χ3v) is 5.93. The van der Waals surface area contributed by atoms with Gasteiger partial charge in [0.1, 0.15) is 13.2 Å². The Balaban J connectivity index is 3.36. The minimum atomic E-state index is -8.86. The van der Waals surface area contributed by atoms with E-state index in [4.69, 9.17) is 0 Å². The molecule has 1 aliphatic rings. The van der Waals surface area contributed by atoms with Crippen LogP contribution in [-0.4, -0.2) is 103 Å². The molecule has 0 saturated heterocycles. The second-order valence-corrected chi connectivity index (χ2v) is 9.47. The normalized spacial score (nSPS) is 18.4. The lowest BCUT2D eigenvalue weighted by Crippen LogP contribution is -2.73. The highest BCUT2D eigenvalue weighted by molar-refractivity contribution is 5.14. The van der Waals surface area contributed by atoms with Gasteiger partial charge in [0.05, 0.1) is 0 Å². The van der Waals surface area contributed by atoms with Crippen LogP contribution in [0.5, 0.6) is 0 Å². The van der Waals surface area contributed by atoms with Gasteiger partial charge >= 0.3 is 89.5 Å². The van der Waals surface area contributed by atoms with E-state index in [9.17, 15) is 132 Å². The average molecular weight is 838 g/mol. The zero-order valence-corrected chi connectivity index (χ0v) is 22.0. The molecule has 1 rings (SSSR count). The van der Waals surface area contributed by atoms with E-state index in [1.54, 1.807) is 0 Å². The summed E-state index contributed by atoms with van der Waals surface area (Å²) in [5.41, 5.74) is 0. The van der Waals surface area contributed by atoms with Crippen molar-refractivity contribution in [2.75, 3.05) is 13.2 Å². The SMILES string of the molecule is FC(F)(F)C(F)(F)C(F)(F)C(F)(F)C(F)(F)C(F)(F)C(F)(F)COC1(OCC(F)(F)C(F)(F)C(F)(F)C(F)(F)C(F)(F)C(F)(F)C(F)(F)F)N=N1. The Morgan fingerprint density at radius 3 is 0.627 bits per heavy atom. The van der Waals surface area contributed by atoms with E-state index >= 15 is 0 Å². The summed E-state index contributed by atoms with van der Waals surface area (Å²) >= 11 is 0. The van der Waals surface area contributed by atoms with Crippen molar-refractivity contribution in [3.05, 3.63) is 0 Å². The molecule has 34 heteroatoms. The van der Waals surface area contributed by atoms with Crippen molar-refractivity contribution in [1.29, 1.82) is 0 Å². The smallest absolute Gasteiger partial charge is 0.303 e. The van der Waals surface area contributed by atoms with Gasteiger partial charge in [0.15, 0.2) is 0 Å². The number of rotatable bonds is 16. The van der Waals surface area contributed by atoms with E-state index in [-0.39, 0.29) is 0 Å². The first-order chi connectivity index (χ1) is 21.6. The first-order valence-electron chi connectivity index (χ1n) is 11.0. The van der Waals surface area contributed by atoms with Gasteiger partial charge in [0.25, 0.3) is 0 Å². The fourth-order valence-electron chi connectivity index (χ4n) is 2.75. The summed E-state index contributed by atoms with van der Waals surface area (Å²) in [7, 11) is 0. The molecule has 0 amide bonds. The Morgan fingerprint density at radius 1 is 0.275 bits per heavy atom. The summed E-state index contributed by atoms with van der Waals surface area (Å²) in [6.45, 7) is -8.09. The third-order valence-electron chi connectivity index (χ3n) is 5.93. The summed E-state index contributed by atoms with van der Waals surface area (Å²) in [5.74, 6) is -101. The fraction of sp³-hybridized carbons (Fsp3) is 1.00. The lowest BCUT2D eigenvalue weighted by Gasteiger charge is -2.41. The number of nitrogens with zero attached hydrogens (tertiary/aromatic N) is 2. The molecule has 0 atom stereocenters. The van der Waals surface area contributed by atoms with E-state index in [0.717, 1.165) is 0 Å². The largest absolute Gasteiger partial charge is 0.460 e. The Kier molecular flexibility index (Phi) is 10.7. The van der Waals surface area contributed by atoms with E-state index in [1.807, 2.05) is 10.2 Å². The topological polar surface area (TPSA) is 43.2 Å². The Bertz CT molecular complexity index is 1210. The standard InChI is InChI=1S/C17H4F30N2O2/c18-3(19,5(22,23)7(26,27)9(30,31)11(34,35)13(38,39)15(42,43)44)1-50-17(48-49-17)51-2-4(20,21)6(24,25)8(28,29)10(32,33)12(36,37)14(40,41)16(45,46)47/h1-2H2. The minimum Gasteiger partial charge on any atom is -0.303 e. The van der Waals surface area contributed by atoms with Crippen LogP contribution in [-0.2, 0) is 9.47 Å². The van der Waals surface area contributed by atoms with Gasteiger partial charge in [-0.1, -0.05) is 10.2 Å². The average Bonchev–Trinajstić information content (AvgIpc) is 3.68. The molecule has 0 fully saturated rings. The quantitative estimate of drug-likeness (QED) is 0.115. The van der Waals surface area contributed by atoms with Gasteiger partial charge in [0, 0.05) is 0 Å². The fourth-order valence-corrected chi connectivity index (χ4v) is 2.75. The minimum absolute atomic E-state index is 1.89. The Labute approximate surface area is 255 Å². The van der Waals surface area contributed by atoms with Crippen LogP contribution in [0.25, 0.3) is 0 Å². The van der Waals surface area contributed by atoms with Gasteiger partial charge in [-0.3, -0.25) is 0 Å². The predicted molar refractivity (Wildman–Crippen MR) is 91.0 cm³/mol. The zero-order chi connectivity index (χ0) is 41.7. The monoisotopic (exact) mass is 838 g/mol.